The number of nitrogens with one attached hydrogen (secondary N) is 2. The number of nitrogens with zero attached hydrogens (tertiary/aromatic N) is 2. The number of hydrogen-bond donors (Lipinski definition) is 2. The molecular formula is C10H18N4O2. The maximum Gasteiger partial charge on any atom is 0.352 e. The van der Waals surface area contributed by atoms with Crippen molar-refractivity contribution in [2.45, 2.75) is 46.1 Å². The van der Waals surface area contributed by atoms with Crippen LogP contribution in [-0.4, -0.2) is 26.3 Å². The van der Waals surface area contributed by atoms with Gasteiger partial charge >= 0.3 is 11.7 Å². The summed E-state index contributed by atoms with van der Waals surface area (Å²) in [6.07, 6.45) is 0. The van der Waals surface area contributed by atoms with E-state index in [4.69, 9.17) is 0 Å². The van der Waals surface area contributed by atoms with E-state index in [9.17, 15) is 9.59 Å². The van der Waals surface area contributed by atoms with Gasteiger partial charge in [-0.15, -0.1) is 9.78 Å². The van der Waals surface area contributed by atoms with Gasteiger partial charge in [0.15, 0.2) is 0 Å². The summed E-state index contributed by atoms with van der Waals surface area (Å²) >= 11 is 0. The van der Waals surface area contributed by atoms with Gasteiger partial charge in [-0.25, -0.2) is 9.59 Å². The molecule has 1 rings (SSSR count). The lowest BCUT2D eigenvalue weighted by atomic mass is 10.1. The molecule has 6 heteroatoms. The number of carbonyl (C=O) groups excluding carboxylic acids is 1. The van der Waals surface area contributed by atoms with Crippen molar-refractivity contribution in [3.8, 4) is 0 Å². The van der Waals surface area contributed by atoms with Crippen molar-refractivity contribution in [1.82, 2.24) is 20.1 Å². The molecule has 6 nitrogen and oxygen atoms in total. The molecule has 0 aliphatic carbocycles. The maximum atomic E-state index is 11.7. The predicted molar refractivity (Wildman–Crippen MR) is 60.6 cm³/mol. The third-order valence-electron chi connectivity index (χ3n) is 1.86. The first-order chi connectivity index (χ1) is 7.20. The van der Waals surface area contributed by atoms with Gasteiger partial charge in [0.2, 0.25) is 0 Å². The Morgan fingerprint density at radius 3 is 2.38 bits per heavy atom. The molecule has 0 bridgehead atoms. The van der Waals surface area contributed by atoms with Crippen LogP contribution < -0.4 is 11.0 Å². The average Bonchev–Trinajstić information content (AvgIpc) is 2.44. The highest BCUT2D eigenvalue weighted by atomic mass is 16.2. The molecular weight excluding hydrogens is 208 g/mol. The molecule has 0 spiro atoms. The van der Waals surface area contributed by atoms with Crippen molar-refractivity contribution in [2.24, 2.45) is 0 Å². The van der Waals surface area contributed by atoms with Gasteiger partial charge in [-0.05, 0) is 20.8 Å². The standard InChI is InChI=1S/C10H18N4O2/c1-6(2)7-11-8(15)14(13-7)9(16)12-10(3,4)5/h6H,1-5H3,(H,12,16)(H,11,13,15). The molecule has 0 aliphatic heterocycles. The van der Waals surface area contributed by atoms with Crippen LogP contribution in [0.4, 0.5) is 4.79 Å². The molecule has 0 unspecified atom stereocenters. The zero-order valence-corrected chi connectivity index (χ0v) is 10.3. The SMILES string of the molecule is CC(C)c1nn(C(=O)NC(C)(C)C)c(=O)[nH]1. The van der Waals surface area contributed by atoms with E-state index in [2.05, 4.69) is 15.4 Å². The van der Waals surface area contributed by atoms with E-state index in [-0.39, 0.29) is 5.92 Å². The van der Waals surface area contributed by atoms with E-state index in [1.807, 2.05) is 34.6 Å². The van der Waals surface area contributed by atoms with Crippen LogP contribution in [0, 0.1) is 0 Å². The zero-order chi connectivity index (χ0) is 12.5. The molecule has 0 radical (unpaired) electrons. The Bertz CT molecular complexity index is 436. The van der Waals surface area contributed by atoms with E-state index in [0.29, 0.717) is 5.82 Å². The Morgan fingerprint density at radius 1 is 1.44 bits per heavy atom. The van der Waals surface area contributed by atoms with Gasteiger partial charge in [0, 0.05) is 11.5 Å². The topological polar surface area (TPSA) is 79.8 Å². The minimum Gasteiger partial charge on any atom is -0.331 e. The molecule has 1 amide bonds. The molecule has 1 aromatic rings. The van der Waals surface area contributed by atoms with Crippen LogP contribution in [0.3, 0.4) is 0 Å². The van der Waals surface area contributed by atoms with Gasteiger partial charge in [0.05, 0.1) is 0 Å². The zero-order valence-electron chi connectivity index (χ0n) is 10.3. The number of rotatable bonds is 1. The molecule has 90 valence electrons. The number of aromatic amines is 1. The van der Waals surface area contributed by atoms with Crippen LogP contribution in [0.25, 0.3) is 0 Å². The van der Waals surface area contributed by atoms with Gasteiger partial charge in [-0.3, -0.25) is 4.98 Å². The summed E-state index contributed by atoms with van der Waals surface area (Å²) in [5.41, 5.74) is -0.904. The third kappa shape index (κ3) is 2.95. The first kappa shape index (κ1) is 12.5. The van der Waals surface area contributed by atoms with Crippen LogP contribution in [-0.2, 0) is 0 Å². The maximum absolute atomic E-state index is 11.7. The van der Waals surface area contributed by atoms with Gasteiger partial charge in [0.1, 0.15) is 5.82 Å². The highest BCUT2D eigenvalue weighted by Gasteiger charge is 2.19. The molecule has 1 aromatic heterocycles. The second kappa shape index (κ2) is 4.11. The largest absolute Gasteiger partial charge is 0.352 e. The first-order valence-corrected chi connectivity index (χ1v) is 5.22. The summed E-state index contributed by atoms with van der Waals surface area (Å²) in [4.78, 5) is 25.7. The average molecular weight is 226 g/mol. The number of H-pyrrole nitrogens is 1. The molecule has 0 saturated heterocycles. The molecule has 0 saturated carbocycles. The Morgan fingerprint density at radius 2 is 2.00 bits per heavy atom. The lowest BCUT2D eigenvalue weighted by Gasteiger charge is -2.19. The summed E-state index contributed by atoms with van der Waals surface area (Å²) < 4.78 is 0.820. The van der Waals surface area contributed by atoms with Crippen molar-refractivity contribution < 1.29 is 4.79 Å². The lowest BCUT2D eigenvalue weighted by molar-refractivity contribution is 0.229. The summed E-state index contributed by atoms with van der Waals surface area (Å²) in [6.45, 7) is 9.30. The van der Waals surface area contributed by atoms with Gasteiger partial charge < -0.3 is 5.32 Å². The monoisotopic (exact) mass is 226 g/mol. The van der Waals surface area contributed by atoms with E-state index < -0.39 is 17.3 Å². The lowest BCUT2D eigenvalue weighted by Crippen LogP contribution is -2.46. The van der Waals surface area contributed by atoms with Crippen LogP contribution >= 0.6 is 0 Å². The Labute approximate surface area is 94.1 Å². The number of amides is 1. The fraction of sp³-hybridized carbons (Fsp3) is 0.700. The second-order valence-electron chi connectivity index (χ2n) is 5.06. The number of hydrogen-bond acceptors (Lipinski definition) is 3. The highest BCUT2D eigenvalue weighted by molar-refractivity contribution is 5.76. The van der Waals surface area contributed by atoms with Crippen LogP contribution in [0.2, 0.25) is 0 Å². The van der Waals surface area contributed by atoms with E-state index >= 15 is 0 Å². The second-order valence-corrected chi connectivity index (χ2v) is 5.06. The van der Waals surface area contributed by atoms with Crippen LogP contribution in [0.5, 0.6) is 0 Å². The molecule has 0 fully saturated rings. The summed E-state index contributed by atoms with van der Waals surface area (Å²) in [5.74, 6) is 0.588. The molecule has 0 aromatic carbocycles. The molecule has 1 heterocycles. The normalized spacial score (nSPS) is 11.9. The molecule has 0 atom stereocenters. The predicted octanol–water partition coefficient (Wildman–Crippen LogP) is 1.05. The molecule has 16 heavy (non-hydrogen) atoms. The van der Waals surface area contributed by atoms with E-state index in [0.717, 1.165) is 4.68 Å². The van der Waals surface area contributed by atoms with Gasteiger partial charge in [-0.1, -0.05) is 13.8 Å². The summed E-state index contributed by atoms with van der Waals surface area (Å²) in [6, 6.07) is -0.513. The highest BCUT2D eigenvalue weighted by Crippen LogP contribution is 2.05. The fourth-order valence-electron chi connectivity index (χ4n) is 1.11. The quantitative estimate of drug-likeness (QED) is 0.751. The first-order valence-electron chi connectivity index (χ1n) is 5.22. The van der Waals surface area contributed by atoms with Crippen molar-refractivity contribution in [3.63, 3.8) is 0 Å². The third-order valence-corrected chi connectivity index (χ3v) is 1.86. The Balaban J connectivity index is 2.97. The van der Waals surface area contributed by atoms with Crippen molar-refractivity contribution in [1.29, 1.82) is 0 Å². The van der Waals surface area contributed by atoms with Gasteiger partial charge in [-0.2, -0.15) is 0 Å². The minimum atomic E-state index is -0.513. The van der Waals surface area contributed by atoms with Crippen molar-refractivity contribution in [3.05, 3.63) is 16.3 Å². The van der Waals surface area contributed by atoms with Crippen molar-refractivity contribution >= 4 is 6.03 Å². The van der Waals surface area contributed by atoms with Crippen LogP contribution in [0.1, 0.15) is 46.4 Å². The smallest absolute Gasteiger partial charge is 0.331 e. The van der Waals surface area contributed by atoms with E-state index in [1.54, 1.807) is 0 Å². The minimum absolute atomic E-state index is 0.0800. The van der Waals surface area contributed by atoms with Crippen molar-refractivity contribution in [2.75, 3.05) is 0 Å². The van der Waals surface area contributed by atoms with Gasteiger partial charge in [0.25, 0.3) is 0 Å². The Hall–Kier alpha value is -1.59. The fourth-order valence-corrected chi connectivity index (χ4v) is 1.11. The molecule has 0 aliphatic rings. The number of carbonyl (C=O) groups is 1. The van der Waals surface area contributed by atoms with E-state index in [1.165, 1.54) is 0 Å². The summed E-state index contributed by atoms with van der Waals surface area (Å²) in [7, 11) is 0. The Kier molecular flexibility index (Phi) is 3.21. The summed E-state index contributed by atoms with van der Waals surface area (Å²) in [5, 5.41) is 6.60. The number of aromatic nitrogens is 3. The van der Waals surface area contributed by atoms with Crippen LogP contribution in [0.15, 0.2) is 4.79 Å². The molecule has 2 N–H and O–H groups in total.